The number of nitrogens with zero attached hydrogens (tertiary/aromatic N) is 1. The number of hydrogen-bond donors (Lipinski definition) is 1. The lowest BCUT2D eigenvalue weighted by Gasteiger charge is -2.57. The second kappa shape index (κ2) is 5.38. The van der Waals surface area contributed by atoms with Gasteiger partial charge in [0.1, 0.15) is 5.82 Å². The molecule has 0 aromatic carbocycles. The summed E-state index contributed by atoms with van der Waals surface area (Å²) < 4.78 is 38.2. The number of alkyl halides is 3. The Morgan fingerprint density at radius 3 is 2.26 bits per heavy atom. The highest BCUT2D eigenvalue weighted by Gasteiger charge is 2.50. The van der Waals surface area contributed by atoms with Crippen LogP contribution in [-0.2, 0) is 6.18 Å². The van der Waals surface area contributed by atoms with E-state index in [-0.39, 0.29) is 0 Å². The van der Waals surface area contributed by atoms with Gasteiger partial charge >= 0.3 is 6.18 Å². The average molecular weight is 324 g/mol. The van der Waals surface area contributed by atoms with Crippen LogP contribution >= 0.6 is 0 Å². The van der Waals surface area contributed by atoms with E-state index in [0.29, 0.717) is 11.2 Å². The fraction of sp³-hybridized carbons (Fsp3) is 0.722. The minimum atomic E-state index is -4.31. The van der Waals surface area contributed by atoms with Gasteiger partial charge in [0, 0.05) is 12.7 Å². The molecule has 23 heavy (non-hydrogen) atoms. The molecule has 1 heterocycles. The van der Waals surface area contributed by atoms with Gasteiger partial charge in [-0.05, 0) is 80.2 Å². The Bertz CT molecular complexity index is 547. The first kappa shape index (κ1) is 15.3. The summed E-state index contributed by atoms with van der Waals surface area (Å²) in [7, 11) is 0. The summed E-state index contributed by atoms with van der Waals surface area (Å²) in [4.78, 5) is 4.03. The van der Waals surface area contributed by atoms with Gasteiger partial charge in [-0.2, -0.15) is 13.2 Å². The van der Waals surface area contributed by atoms with Gasteiger partial charge in [-0.15, -0.1) is 0 Å². The summed E-state index contributed by atoms with van der Waals surface area (Å²) in [6.07, 6.45) is 6.24. The lowest BCUT2D eigenvalue weighted by Crippen LogP contribution is -2.46. The molecule has 0 spiro atoms. The largest absolute Gasteiger partial charge is 0.416 e. The summed E-state index contributed by atoms with van der Waals surface area (Å²) >= 11 is 0. The molecule has 4 aliphatic rings. The fourth-order valence-corrected chi connectivity index (χ4v) is 5.76. The normalized spacial score (nSPS) is 35.5. The number of anilines is 1. The monoisotopic (exact) mass is 324 g/mol. The molecule has 0 saturated heterocycles. The predicted molar refractivity (Wildman–Crippen MR) is 83.0 cm³/mol. The highest BCUT2D eigenvalue weighted by atomic mass is 19.4. The van der Waals surface area contributed by atoms with Crippen molar-refractivity contribution in [3.8, 4) is 0 Å². The zero-order valence-electron chi connectivity index (χ0n) is 13.2. The van der Waals surface area contributed by atoms with Crippen molar-refractivity contribution in [1.82, 2.24) is 4.98 Å². The molecule has 1 aromatic rings. The maximum absolute atomic E-state index is 12.7. The van der Waals surface area contributed by atoms with E-state index in [1.54, 1.807) is 0 Å². The Morgan fingerprint density at radius 1 is 1.09 bits per heavy atom. The minimum Gasteiger partial charge on any atom is -0.370 e. The third-order valence-electron chi connectivity index (χ3n) is 6.21. The first-order chi connectivity index (χ1) is 10.9. The first-order valence-corrected chi connectivity index (χ1v) is 8.69. The molecule has 0 unspecified atom stereocenters. The third kappa shape index (κ3) is 3.07. The highest BCUT2D eigenvalue weighted by molar-refractivity contribution is 5.38. The van der Waals surface area contributed by atoms with E-state index in [9.17, 15) is 13.2 Å². The van der Waals surface area contributed by atoms with E-state index in [2.05, 4.69) is 10.3 Å². The van der Waals surface area contributed by atoms with E-state index in [1.165, 1.54) is 44.7 Å². The van der Waals surface area contributed by atoms with Crippen molar-refractivity contribution in [2.45, 2.75) is 51.1 Å². The van der Waals surface area contributed by atoms with Crippen molar-refractivity contribution < 1.29 is 13.2 Å². The van der Waals surface area contributed by atoms with Crippen LogP contribution < -0.4 is 5.32 Å². The van der Waals surface area contributed by atoms with Crippen LogP contribution in [0.15, 0.2) is 18.3 Å². The molecule has 1 aromatic heterocycles. The van der Waals surface area contributed by atoms with Gasteiger partial charge in [-0.25, -0.2) is 4.98 Å². The van der Waals surface area contributed by atoms with Crippen molar-refractivity contribution in [2.75, 3.05) is 11.9 Å². The zero-order chi connectivity index (χ0) is 16.1. The molecule has 4 bridgehead atoms. The van der Waals surface area contributed by atoms with Crippen LogP contribution in [-0.4, -0.2) is 11.5 Å². The molecule has 4 fully saturated rings. The molecule has 0 radical (unpaired) electrons. The van der Waals surface area contributed by atoms with Crippen molar-refractivity contribution in [2.24, 2.45) is 23.2 Å². The van der Waals surface area contributed by atoms with Crippen LogP contribution in [0.1, 0.15) is 50.5 Å². The van der Waals surface area contributed by atoms with Crippen LogP contribution in [0.25, 0.3) is 0 Å². The molecule has 4 saturated carbocycles. The Hall–Kier alpha value is -1.26. The quantitative estimate of drug-likeness (QED) is 0.831. The van der Waals surface area contributed by atoms with Crippen LogP contribution in [0.2, 0.25) is 0 Å². The topological polar surface area (TPSA) is 24.9 Å². The van der Waals surface area contributed by atoms with Gasteiger partial charge in [-0.3, -0.25) is 0 Å². The van der Waals surface area contributed by atoms with Crippen LogP contribution in [0.4, 0.5) is 19.0 Å². The standard InChI is InChI=1S/C18H23F3N2/c19-18(20,21)15-1-3-22-16(8-15)23-4-2-17-9-12-5-13(10-17)7-14(6-12)11-17/h1,3,8,12-14H,2,4-7,9-11H2,(H,22,23). The van der Waals surface area contributed by atoms with E-state index in [1.807, 2.05) is 0 Å². The third-order valence-corrected chi connectivity index (χ3v) is 6.21. The molecule has 1 N–H and O–H groups in total. The molecule has 0 atom stereocenters. The van der Waals surface area contributed by atoms with Crippen LogP contribution in [0, 0.1) is 23.2 Å². The molecule has 4 aliphatic carbocycles. The Balaban J connectivity index is 1.37. The smallest absolute Gasteiger partial charge is 0.370 e. The number of halogens is 3. The average Bonchev–Trinajstić information content (AvgIpc) is 2.45. The van der Waals surface area contributed by atoms with Crippen LogP contribution in [0.5, 0.6) is 0 Å². The van der Waals surface area contributed by atoms with E-state index in [4.69, 9.17) is 0 Å². The lowest BCUT2D eigenvalue weighted by atomic mass is 9.49. The molecule has 5 rings (SSSR count). The Kier molecular flexibility index (Phi) is 3.58. The van der Waals surface area contributed by atoms with Crippen molar-refractivity contribution >= 4 is 5.82 Å². The van der Waals surface area contributed by atoms with Crippen LogP contribution in [0.3, 0.4) is 0 Å². The van der Waals surface area contributed by atoms with E-state index < -0.39 is 11.7 Å². The highest BCUT2D eigenvalue weighted by Crippen LogP contribution is 2.61. The van der Waals surface area contributed by atoms with E-state index >= 15 is 0 Å². The molecule has 126 valence electrons. The second-order valence-electron chi connectivity index (χ2n) is 8.02. The van der Waals surface area contributed by atoms with Gasteiger partial charge in [0.15, 0.2) is 0 Å². The van der Waals surface area contributed by atoms with Crippen molar-refractivity contribution in [3.05, 3.63) is 23.9 Å². The molecule has 0 amide bonds. The number of aromatic nitrogens is 1. The molecular weight excluding hydrogens is 301 g/mol. The second-order valence-corrected chi connectivity index (χ2v) is 8.02. The van der Waals surface area contributed by atoms with E-state index in [0.717, 1.165) is 42.9 Å². The molecule has 2 nitrogen and oxygen atoms in total. The van der Waals surface area contributed by atoms with Gasteiger partial charge in [0.2, 0.25) is 0 Å². The SMILES string of the molecule is FC(F)(F)c1ccnc(NCCC23CC4CC(CC(C4)C2)C3)c1. The lowest BCUT2D eigenvalue weighted by molar-refractivity contribution is -0.137. The molecule has 0 aliphatic heterocycles. The summed E-state index contributed by atoms with van der Waals surface area (Å²) in [5.41, 5.74) is -0.187. The fourth-order valence-electron chi connectivity index (χ4n) is 5.76. The zero-order valence-corrected chi connectivity index (χ0v) is 13.2. The van der Waals surface area contributed by atoms with Crippen molar-refractivity contribution in [1.29, 1.82) is 0 Å². The first-order valence-electron chi connectivity index (χ1n) is 8.69. The molecular formula is C18H23F3N2. The number of pyridine rings is 1. The minimum absolute atomic E-state index is 0.338. The maximum Gasteiger partial charge on any atom is 0.416 e. The van der Waals surface area contributed by atoms with Gasteiger partial charge < -0.3 is 5.32 Å². The molecule has 5 heteroatoms. The van der Waals surface area contributed by atoms with Gasteiger partial charge in [-0.1, -0.05) is 0 Å². The van der Waals surface area contributed by atoms with Gasteiger partial charge in [0.25, 0.3) is 0 Å². The summed E-state index contributed by atoms with van der Waals surface area (Å²) in [5.74, 6) is 3.07. The van der Waals surface area contributed by atoms with Crippen molar-refractivity contribution in [3.63, 3.8) is 0 Å². The predicted octanol–water partition coefficient (Wildman–Crippen LogP) is 5.12. The number of nitrogens with one attached hydrogen (secondary N) is 1. The summed E-state index contributed by atoms with van der Waals surface area (Å²) in [6, 6.07) is 2.13. The van der Waals surface area contributed by atoms with Gasteiger partial charge in [0.05, 0.1) is 5.56 Å². The number of hydrogen-bond acceptors (Lipinski definition) is 2. The summed E-state index contributed by atoms with van der Waals surface area (Å²) in [6.45, 7) is 0.723. The Labute approximate surface area is 134 Å². The number of rotatable bonds is 4. The Morgan fingerprint density at radius 2 is 1.70 bits per heavy atom. The maximum atomic E-state index is 12.7. The summed E-state index contributed by atoms with van der Waals surface area (Å²) in [5, 5.41) is 3.12.